The van der Waals surface area contributed by atoms with Gasteiger partial charge in [-0.1, -0.05) is 23.7 Å². The summed E-state index contributed by atoms with van der Waals surface area (Å²) in [5.74, 6) is -0.437. The predicted octanol–water partition coefficient (Wildman–Crippen LogP) is 2.69. The molecular weight excluding hydrogens is 380 g/mol. The predicted molar refractivity (Wildman–Crippen MR) is 109 cm³/mol. The van der Waals surface area contributed by atoms with E-state index in [2.05, 4.69) is 16.8 Å². The van der Waals surface area contributed by atoms with Crippen molar-refractivity contribution in [1.29, 1.82) is 0 Å². The van der Waals surface area contributed by atoms with Gasteiger partial charge in [0.2, 0.25) is 0 Å². The summed E-state index contributed by atoms with van der Waals surface area (Å²) in [6, 6.07) is 11.9. The third kappa shape index (κ3) is 5.69. The first-order valence-electron chi connectivity index (χ1n) is 9.27. The molecule has 2 aromatic rings. The Morgan fingerprint density at radius 1 is 1.14 bits per heavy atom. The van der Waals surface area contributed by atoms with Crippen LogP contribution in [0.15, 0.2) is 42.5 Å². The van der Waals surface area contributed by atoms with Gasteiger partial charge in [0, 0.05) is 37.7 Å². The van der Waals surface area contributed by atoms with E-state index in [0.29, 0.717) is 17.3 Å². The Hall–Kier alpha value is -2.12. The zero-order chi connectivity index (χ0) is 20.1. The van der Waals surface area contributed by atoms with Gasteiger partial charge >= 0.3 is 5.97 Å². The molecule has 0 bridgehead atoms. The fourth-order valence-corrected chi connectivity index (χ4v) is 3.44. The van der Waals surface area contributed by atoms with Crippen LogP contribution in [0.5, 0.6) is 5.75 Å². The van der Waals surface area contributed by atoms with Crippen LogP contribution in [0.1, 0.15) is 10.4 Å². The molecule has 1 heterocycles. The molecular formula is C21H25ClN2O4. The number of hydrogen-bond donors (Lipinski definition) is 2. The van der Waals surface area contributed by atoms with Crippen LogP contribution in [-0.4, -0.2) is 78.5 Å². The lowest BCUT2D eigenvalue weighted by Crippen LogP contribution is -2.47. The average Bonchev–Trinajstić information content (AvgIpc) is 2.68. The number of carbonyl (C=O) groups is 1. The maximum Gasteiger partial charge on any atom is 0.335 e. The van der Waals surface area contributed by atoms with Crippen molar-refractivity contribution in [3.8, 4) is 16.9 Å². The Kier molecular flexibility index (Phi) is 6.91. The van der Waals surface area contributed by atoms with Crippen molar-refractivity contribution in [2.24, 2.45) is 0 Å². The molecule has 1 saturated heterocycles. The summed E-state index contributed by atoms with van der Waals surface area (Å²) >= 11 is 6.22. The van der Waals surface area contributed by atoms with Gasteiger partial charge in [-0.2, -0.15) is 0 Å². The topological polar surface area (TPSA) is 73.2 Å². The van der Waals surface area contributed by atoms with Crippen LogP contribution in [0.25, 0.3) is 11.1 Å². The molecule has 0 aliphatic carbocycles. The zero-order valence-corrected chi connectivity index (χ0v) is 16.6. The number of likely N-dealkylation sites (N-methyl/N-ethyl adjacent to an activating group) is 1. The van der Waals surface area contributed by atoms with Gasteiger partial charge < -0.3 is 19.8 Å². The first-order valence-corrected chi connectivity index (χ1v) is 9.64. The van der Waals surface area contributed by atoms with Crippen molar-refractivity contribution in [1.82, 2.24) is 9.80 Å². The lowest BCUT2D eigenvalue weighted by atomic mass is 10.0. The van der Waals surface area contributed by atoms with Crippen LogP contribution in [0, 0.1) is 0 Å². The highest BCUT2D eigenvalue weighted by atomic mass is 35.5. The van der Waals surface area contributed by atoms with Gasteiger partial charge in [-0.25, -0.2) is 4.79 Å². The molecule has 0 aromatic heterocycles. The average molecular weight is 405 g/mol. The number of aliphatic hydroxyl groups excluding tert-OH is 1. The molecule has 1 aliphatic heterocycles. The smallest absolute Gasteiger partial charge is 0.335 e. The second kappa shape index (κ2) is 9.39. The van der Waals surface area contributed by atoms with Crippen molar-refractivity contribution < 1.29 is 19.7 Å². The number of carboxylic acid groups (broad SMARTS) is 1. The number of hydrogen-bond acceptors (Lipinski definition) is 5. The minimum Gasteiger partial charge on any atom is -0.491 e. The van der Waals surface area contributed by atoms with E-state index in [1.807, 2.05) is 6.07 Å². The van der Waals surface area contributed by atoms with E-state index in [9.17, 15) is 15.0 Å². The summed E-state index contributed by atoms with van der Waals surface area (Å²) in [5.41, 5.74) is 1.71. The van der Waals surface area contributed by atoms with Gasteiger partial charge in [0.25, 0.3) is 0 Å². The van der Waals surface area contributed by atoms with Gasteiger partial charge in [0.05, 0.1) is 5.56 Å². The van der Waals surface area contributed by atoms with Crippen LogP contribution < -0.4 is 4.74 Å². The number of nitrogens with zero attached hydrogens (tertiary/aromatic N) is 2. The second-order valence-corrected chi connectivity index (χ2v) is 7.57. The number of β-amino-alcohol motifs (C(OH)–C–C–N with tert-alkyl or cyclic N) is 1. The normalized spacial score (nSPS) is 16.7. The van der Waals surface area contributed by atoms with Crippen LogP contribution >= 0.6 is 11.6 Å². The van der Waals surface area contributed by atoms with Crippen molar-refractivity contribution >= 4 is 17.6 Å². The number of halogens is 1. The minimum atomic E-state index is -0.979. The van der Waals surface area contributed by atoms with Crippen molar-refractivity contribution in [3.05, 3.63) is 53.1 Å². The van der Waals surface area contributed by atoms with Gasteiger partial charge in [-0.15, -0.1) is 0 Å². The maximum atomic E-state index is 11.2. The SMILES string of the molecule is CN1CCN(CC(O)COc2cc(Cl)cc(-c3cccc(C(=O)O)c3)c2)CC1. The highest BCUT2D eigenvalue weighted by molar-refractivity contribution is 6.31. The van der Waals surface area contributed by atoms with E-state index >= 15 is 0 Å². The molecule has 6 nitrogen and oxygen atoms in total. The first-order chi connectivity index (χ1) is 13.4. The number of rotatable bonds is 7. The summed E-state index contributed by atoms with van der Waals surface area (Å²) in [6.45, 7) is 4.62. The van der Waals surface area contributed by atoms with Crippen LogP contribution in [0.3, 0.4) is 0 Å². The van der Waals surface area contributed by atoms with E-state index in [-0.39, 0.29) is 12.2 Å². The van der Waals surface area contributed by atoms with Crippen LogP contribution in [0.4, 0.5) is 0 Å². The molecule has 7 heteroatoms. The summed E-state index contributed by atoms with van der Waals surface area (Å²) in [4.78, 5) is 15.7. The summed E-state index contributed by atoms with van der Waals surface area (Å²) < 4.78 is 5.76. The Labute approximate surface area is 169 Å². The van der Waals surface area contributed by atoms with Crippen molar-refractivity contribution in [3.63, 3.8) is 0 Å². The molecule has 1 unspecified atom stereocenters. The van der Waals surface area contributed by atoms with E-state index in [1.54, 1.807) is 36.4 Å². The fraction of sp³-hybridized carbons (Fsp3) is 0.381. The first kappa shape index (κ1) is 20.6. The minimum absolute atomic E-state index is 0.168. The number of aromatic carboxylic acids is 1. The van der Waals surface area contributed by atoms with Gasteiger partial charge in [0.15, 0.2) is 0 Å². The summed E-state index contributed by atoms with van der Waals surface area (Å²) in [5, 5.41) is 20.0. The van der Waals surface area contributed by atoms with Crippen LogP contribution in [0.2, 0.25) is 5.02 Å². The Morgan fingerprint density at radius 2 is 1.89 bits per heavy atom. The molecule has 2 aromatic carbocycles. The molecule has 0 amide bonds. The Balaban J connectivity index is 1.63. The third-order valence-corrected chi connectivity index (χ3v) is 5.04. The van der Waals surface area contributed by atoms with Crippen molar-refractivity contribution in [2.45, 2.75) is 6.10 Å². The Bertz CT molecular complexity index is 822. The maximum absolute atomic E-state index is 11.2. The van der Waals surface area contributed by atoms with E-state index in [1.165, 1.54) is 0 Å². The second-order valence-electron chi connectivity index (χ2n) is 7.13. The quantitative estimate of drug-likeness (QED) is 0.739. The number of carboxylic acids is 1. The van der Waals surface area contributed by atoms with E-state index < -0.39 is 12.1 Å². The number of ether oxygens (including phenoxy) is 1. The van der Waals surface area contributed by atoms with E-state index in [0.717, 1.165) is 37.3 Å². The molecule has 0 spiro atoms. The Morgan fingerprint density at radius 3 is 2.61 bits per heavy atom. The highest BCUT2D eigenvalue weighted by Gasteiger charge is 2.17. The van der Waals surface area contributed by atoms with Crippen LogP contribution in [-0.2, 0) is 0 Å². The number of benzene rings is 2. The largest absolute Gasteiger partial charge is 0.491 e. The fourth-order valence-electron chi connectivity index (χ4n) is 3.22. The molecule has 1 atom stereocenters. The summed E-state index contributed by atoms with van der Waals surface area (Å²) in [7, 11) is 2.10. The number of piperazine rings is 1. The monoisotopic (exact) mass is 404 g/mol. The van der Waals surface area contributed by atoms with Gasteiger partial charge in [-0.3, -0.25) is 4.90 Å². The highest BCUT2D eigenvalue weighted by Crippen LogP contribution is 2.29. The molecule has 3 rings (SSSR count). The summed E-state index contributed by atoms with van der Waals surface area (Å²) in [6.07, 6.45) is -0.596. The molecule has 1 fully saturated rings. The van der Waals surface area contributed by atoms with Crippen molar-refractivity contribution in [2.75, 3.05) is 46.4 Å². The third-order valence-electron chi connectivity index (χ3n) is 4.82. The van der Waals surface area contributed by atoms with Gasteiger partial charge in [0.1, 0.15) is 18.5 Å². The van der Waals surface area contributed by atoms with Gasteiger partial charge in [-0.05, 0) is 48.5 Å². The molecule has 0 radical (unpaired) electrons. The molecule has 1 aliphatic rings. The lowest BCUT2D eigenvalue weighted by molar-refractivity contribution is 0.0505. The molecule has 0 saturated carbocycles. The lowest BCUT2D eigenvalue weighted by Gasteiger charge is -2.33. The van der Waals surface area contributed by atoms with E-state index in [4.69, 9.17) is 16.3 Å². The number of aliphatic hydroxyl groups is 1. The zero-order valence-electron chi connectivity index (χ0n) is 15.8. The standard InChI is InChI=1S/C21H25ClN2O4/c1-23-5-7-24(8-6-23)13-19(25)14-28-20-11-17(10-18(22)12-20)15-3-2-4-16(9-15)21(26)27/h2-4,9-12,19,25H,5-8,13-14H2,1H3,(H,26,27). The molecule has 28 heavy (non-hydrogen) atoms. The molecule has 2 N–H and O–H groups in total. The molecule has 150 valence electrons.